The Labute approximate surface area is 171 Å². The van der Waals surface area contributed by atoms with Crippen molar-refractivity contribution in [2.75, 3.05) is 6.54 Å². The molecule has 0 aliphatic heterocycles. The number of aromatic nitrogens is 2. The highest BCUT2D eigenvalue weighted by Crippen LogP contribution is 2.10. The largest absolute Gasteiger partial charge is 0.444 e. The Bertz CT molecular complexity index is 661. The van der Waals surface area contributed by atoms with E-state index in [4.69, 9.17) is 14.2 Å². The van der Waals surface area contributed by atoms with Gasteiger partial charge in [0.1, 0.15) is 17.5 Å². The molecule has 0 saturated carbocycles. The van der Waals surface area contributed by atoms with E-state index in [1.165, 1.54) is 18.7 Å². The minimum absolute atomic E-state index is 0.343. The molecule has 0 aliphatic rings. The number of hydrogen-bond donors (Lipinski definition) is 2. The zero-order chi connectivity index (χ0) is 22.1. The van der Waals surface area contributed by atoms with Crippen molar-refractivity contribution in [3.8, 4) is 0 Å². The number of nitrogens with zero attached hydrogens (tertiary/aromatic N) is 2. The molecule has 1 rings (SSSR count). The average molecular weight is 412 g/mol. The van der Waals surface area contributed by atoms with Crippen LogP contribution in [0.15, 0.2) is 18.7 Å². The molecule has 0 aromatic carbocycles. The Hall–Kier alpha value is -2.78. The number of hydrogen-bond acceptors (Lipinski definition) is 7. The van der Waals surface area contributed by atoms with Crippen molar-refractivity contribution >= 4 is 18.3 Å². The molecule has 1 aromatic rings. The lowest BCUT2D eigenvalue weighted by Gasteiger charge is -2.23. The first-order valence-electron chi connectivity index (χ1n) is 9.51. The van der Waals surface area contributed by atoms with Gasteiger partial charge in [-0.3, -0.25) is 5.32 Å². The highest BCUT2D eigenvalue weighted by molar-refractivity contribution is 5.71. The Morgan fingerprint density at radius 3 is 2.17 bits per heavy atom. The van der Waals surface area contributed by atoms with Crippen LogP contribution in [0.1, 0.15) is 60.8 Å². The number of carbonyl (C=O) groups is 3. The summed E-state index contributed by atoms with van der Waals surface area (Å²) < 4.78 is 16.9. The molecular weight excluding hydrogens is 380 g/mol. The van der Waals surface area contributed by atoms with Crippen LogP contribution in [-0.2, 0) is 14.2 Å². The predicted octanol–water partition coefficient (Wildman–Crippen LogP) is 3.41. The maximum Gasteiger partial charge on any atom is 0.421 e. The van der Waals surface area contributed by atoms with Gasteiger partial charge in [-0.05, 0) is 54.4 Å². The summed E-state index contributed by atoms with van der Waals surface area (Å²) >= 11 is 0. The predicted molar refractivity (Wildman–Crippen MR) is 105 cm³/mol. The average Bonchev–Trinajstić information content (AvgIpc) is 3.05. The van der Waals surface area contributed by atoms with Crippen molar-refractivity contribution in [2.45, 2.75) is 78.2 Å². The number of ether oxygens (including phenoxy) is 3. The molecule has 0 fully saturated rings. The first-order chi connectivity index (χ1) is 13.4. The summed E-state index contributed by atoms with van der Waals surface area (Å²) in [5, 5.41) is 5.20. The number of alkyl carbamates (subject to hydrolysis) is 2. The summed E-state index contributed by atoms with van der Waals surface area (Å²) in [6, 6.07) is 0. The molecule has 29 heavy (non-hydrogen) atoms. The second-order valence-electron chi connectivity index (χ2n) is 8.41. The number of imidazole rings is 1. The maximum atomic E-state index is 12.1. The van der Waals surface area contributed by atoms with Crippen LogP contribution in [0.5, 0.6) is 0 Å². The van der Waals surface area contributed by atoms with E-state index in [1.54, 1.807) is 41.5 Å². The minimum atomic E-state index is -0.888. The molecule has 1 aromatic heterocycles. The van der Waals surface area contributed by atoms with Gasteiger partial charge in [-0.2, -0.15) is 0 Å². The van der Waals surface area contributed by atoms with Gasteiger partial charge < -0.3 is 19.5 Å². The Morgan fingerprint density at radius 2 is 1.62 bits per heavy atom. The monoisotopic (exact) mass is 412 g/mol. The molecule has 1 unspecified atom stereocenters. The Morgan fingerprint density at radius 1 is 1.00 bits per heavy atom. The van der Waals surface area contributed by atoms with E-state index in [0.717, 1.165) is 4.57 Å². The Kier molecular flexibility index (Phi) is 8.93. The topological polar surface area (TPSA) is 121 Å². The number of unbranched alkanes of at least 4 members (excludes halogenated alkanes) is 1. The highest BCUT2D eigenvalue weighted by Gasteiger charge is 2.22. The number of nitrogens with one attached hydrogen (secondary N) is 2. The van der Waals surface area contributed by atoms with Crippen molar-refractivity contribution in [2.24, 2.45) is 0 Å². The molecule has 164 valence electrons. The van der Waals surface area contributed by atoms with Gasteiger partial charge in [-0.15, -0.1) is 0 Å². The summed E-state index contributed by atoms with van der Waals surface area (Å²) in [5.74, 6) is 0. The van der Waals surface area contributed by atoms with E-state index >= 15 is 0 Å². The molecule has 2 N–H and O–H groups in total. The van der Waals surface area contributed by atoms with Crippen LogP contribution in [0.2, 0.25) is 0 Å². The molecule has 0 radical (unpaired) electrons. The summed E-state index contributed by atoms with van der Waals surface area (Å²) in [6.45, 7) is 11.0. The van der Waals surface area contributed by atoms with Crippen LogP contribution in [0, 0.1) is 0 Å². The van der Waals surface area contributed by atoms with Gasteiger partial charge in [-0.1, -0.05) is 0 Å². The van der Waals surface area contributed by atoms with E-state index in [1.807, 2.05) is 0 Å². The van der Waals surface area contributed by atoms with E-state index in [9.17, 15) is 14.4 Å². The van der Waals surface area contributed by atoms with Gasteiger partial charge in [-0.25, -0.2) is 23.9 Å². The molecule has 0 aliphatic carbocycles. The van der Waals surface area contributed by atoms with E-state index < -0.39 is 35.7 Å². The third kappa shape index (κ3) is 11.6. The van der Waals surface area contributed by atoms with Crippen molar-refractivity contribution in [1.82, 2.24) is 20.2 Å². The standard InChI is InChI=1S/C19H32N4O6/c1-18(2,3)28-15(24)21-10-8-7-9-14(22-16(25)29-19(4,5)6)27-17(26)23-12-11-20-13-23/h11-14H,7-10H2,1-6H3,(H,21,24)(H,22,25). The van der Waals surface area contributed by atoms with Gasteiger partial charge in [0.2, 0.25) is 0 Å². The highest BCUT2D eigenvalue weighted by atomic mass is 16.6. The normalized spacial score (nSPS) is 12.6. The van der Waals surface area contributed by atoms with Crippen LogP contribution < -0.4 is 10.6 Å². The van der Waals surface area contributed by atoms with Crippen LogP contribution in [0.3, 0.4) is 0 Å². The van der Waals surface area contributed by atoms with Gasteiger partial charge in [0.15, 0.2) is 6.23 Å². The van der Waals surface area contributed by atoms with Crippen LogP contribution in [0.4, 0.5) is 14.4 Å². The number of rotatable bonds is 7. The number of carbonyl (C=O) groups excluding carboxylic acids is 3. The minimum Gasteiger partial charge on any atom is -0.444 e. The fourth-order valence-corrected chi connectivity index (χ4v) is 2.11. The van der Waals surface area contributed by atoms with E-state index in [2.05, 4.69) is 15.6 Å². The first kappa shape index (κ1) is 24.3. The van der Waals surface area contributed by atoms with Crippen molar-refractivity contribution in [3.63, 3.8) is 0 Å². The Balaban J connectivity index is 2.50. The third-order valence-electron chi connectivity index (χ3n) is 3.20. The molecule has 0 bridgehead atoms. The van der Waals surface area contributed by atoms with Gasteiger partial charge >= 0.3 is 18.3 Å². The first-order valence-corrected chi connectivity index (χ1v) is 9.51. The second kappa shape index (κ2) is 10.7. The van der Waals surface area contributed by atoms with Crippen molar-refractivity contribution in [3.05, 3.63) is 18.7 Å². The molecule has 0 saturated heterocycles. The van der Waals surface area contributed by atoms with Crippen LogP contribution in [-0.4, -0.2) is 51.8 Å². The lowest BCUT2D eigenvalue weighted by atomic mass is 10.2. The zero-order valence-electron chi connectivity index (χ0n) is 18.0. The molecule has 1 atom stereocenters. The maximum absolute atomic E-state index is 12.1. The van der Waals surface area contributed by atoms with Gasteiger partial charge in [0, 0.05) is 25.4 Å². The second-order valence-corrected chi connectivity index (χ2v) is 8.41. The van der Waals surface area contributed by atoms with E-state index in [-0.39, 0.29) is 0 Å². The molecule has 2 amide bonds. The lowest BCUT2D eigenvalue weighted by Crippen LogP contribution is -2.42. The van der Waals surface area contributed by atoms with Gasteiger partial charge in [0.05, 0.1) is 0 Å². The molecule has 1 heterocycles. The SMILES string of the molecule is CC(C)(C)OC(=O)NCCCCC(NC(=O)OC(C)(C)C)OC(=O)n1ccnc1. The summed E-state index contributed by atoms with van der Waals surface area (Å²) in [4.78, 5) is 39.6. The van der Waals surface area contributed by atoms with Gasteiger partial charge in [0.25, 0.3) is 0 Å². The molecule has 0 spiro atoms. The smallest absolute Gasteiger partial charge is 0.421 e. The quantitative estimate of drug-likeness (QED) is 0.400. The summed E-state index contributed by atoms with van der Waals surface area (Å²) in [5.41, 5.74) is -1.24. The van der Waals surface area contributed by atoms with Crippen molar-refractivity contribution < 1.29 is 28.6 Å². The molecule has 10 heteroatoms. The number of amides is 2. The lowest BCUT2D eigenvalue weighted by molar-refractivity contribution is 0.0272. The van der Waals surface area contributed by atoms with Crippen LogP contribution in [0.25, 0.3) is 0 Å². The van der Waals surface area contributed by atoms with Crippen LogP contribution >= 0.6 is 0 Å². The fraction of sp³-hybridized carbons (Fsp3) is 0.684. The summed E-state index contributed by atoms with van der Waals surface area (Å²) in [7, 11) is 0. The van der Waals surface area contributed by atoms with Crippen molar-refractivity contribution in [1.29, 1.82) is 0 Å². The van der Waals surface area contributed by atoms with E-state index in [0.29, 0.717) is 25.8 Å². The zero-order valence-corrected chi connectivity index (χ0v) is 18.0. The third-order valence-corrected chi connectivity index (χ3v) is 3.20. The molecular formula is C19H32N4O6. The molecule has 10 nitrogen and oxygen atoms in total. The summed E-state index contributed by atoms with van der Waals surface area (Å²) in [6.07, 6.45) is 2.98. The fourth-order valence-electron chi connectivity index (χ4n) is 2.11.